The van der Waals surface area contributed by atoms with Gasteiger partial charge in [0, 0.05) is 69.2 Å². The van der Waals surface area contributed by atoms with E-state index >= 15 is 0 Å². The van der Waals surface area contributed by atoms with Crippen molar-refractivity contribution in [2.45, 2.75) is 58.2 Å². The fourth-order valence-corrected chi connectivity index (χ4v) is 10.9. The Morgan fingerprint density at radius 1 is 0.760 bits per heavy atom. The zero-order chi connectivity index (χ0) is 69.1. The minimum atomic E-state index is -5.20. The SMILES string of the molecule is C=CCOC(=O)NCCOCCOc1c(OC)cc(C(=O)NCCC[N+]2(COC(NC(=O)OCc3ccc(OP4(=O)OCC(OP(=O)(O)O)CO4)c(C(=O)OCC(=O)C(C)C)c3)C(F)(F)F)CCCN(CCCNC(=O)c3cc(OC)c(OC)c(OC)c3)CC2)cc1OC.[Fm].[Fm]. The number of carbonyl (C=O) groups excluding carboxylic acids is 6. The molecule has 2 saturated heterocycles. The fourth-order valence-electron chi connectivity index (χ4n) is 9.15. The third-order valence-corrected chi connectivity index (χ3v) is 15.9. The van der Waals surface area contributed by atoms with Crippen LogP contribution in [-0.2, 0) is 57.8 Å². The molecular weight excluding hydrogens is 1810 g/mol. The van der Waals surface area contributed by atoms with Crippen LogP contribution in [0.2, 0.25) is 0 Å². The molecule has 548 valence electrons. The van der Waals surface area contributed by atoms with Crippen LogP contribution in [0.4, 0.5) is 22.8 Å². The number of carbonyl (C=O) groups is 6. The fraction of sp³-hybridized carbons (Fsp3) is 0.552. The van der Waals surface area contributed by atoms with Gasteiger partial charge < -0.3 is 77.6 Å². The molecule has 2 atom stereocenters. The van der Waals surface area contributed by atoms with Crippen LogP contribution < -0.4 is 54.2 Å². The number of hydrogen-bond donors (Lipinski definition) is 6. The molecule has 2 heterocycles. The van der Waals surface area contributed by atoms with Crippen LogP contribution in [0.3, 0.4) is 0 Å². The molecule has 0 spiro atoms. The summed E-state index contributed by atoms with van der Waals surface area (Å²) in [6.07, 6.45) is -9.09. The van der Waals surface area contributed by atoms with E-state index in [1.165, 1.54) is 72.0 Å². The molecule has 0 aliphatic carbocycles. The number of alkyl halides is 3. The van der Waals surface area contributed by atoms with Crippen molar-refractivity contribution in [2.75, 3.05) is 147 Å². The Hall–Kier alpha value is -9.49. The summed E-state index contributed by atoms with van der Waals surface area (Å²) in [5.41, 5.74) is -0.175. The molecule has 4 amide bonds. The van der Waals surface area contributed by atoms with Gasteiger partial charge in [-0.25, -0.2) is 23.5 Å². The van der Waals surface area contributed by atoms with Crippen LogP contribution in [0.25, 0.3) is 0 Å². The standard InChI is InChI=1S/C58H81F3N6O25P2.2Fm/c1-9-24-85-56(72)64-17-25-83-26-27-84-51-48(80-6)31-41(32-49(51)81-7)53(70)63-16-11-21-67(22-12-19-66(20-23-67)18-10-15-62-52(69)40-29-46(78-4)50(82-8)47(30-40)79-5)37-88-55(58(59,60)61)65-57(73)87-33-39-13-14-45(43(28-39)54(71)86-36-44(68)38(2)3)92-94(77)89-34-42(35-90-94)91-93(74,75)76;;/h9,13-14,28-32,38,42,55H,1,10-12,15-27,33-37H2,2-8H3,(H5-,62,63,64,65,69,70,72,73,74,75,76);;/p+1. The molecule has 2 unspecified atom stereocenters. The zero-order valence-electron chi connectivity index (χ0n) is 53.7. The number of Topliss-reactive ketones (excluding diaryl/α,β-unsaturated/α-hetero) is 1. The first kappa shape index (κ1) is 80.7. The predicted octanol–water partition coefficient (Wildman–Crippen LogP) is 5.68. The minimum Gasteiger partial charge on any atom is -0.493 e. The van der Waals surface area contributed by atoms with Gasteiger partial charge in [0.25, 0.3) is 11.8 Å². The Labute approximate surface area is 540 Å². The smallest absolute Gasteiger partial charge is 0.493 e. The first-order valence-corrected chi connectivity index (χ1v) is 32.4. The summed E-state index contributed by atoms with van der Waals surface area (Å²) < 4.78 is 149. The molecule has 2 aliphatic heterocycles. The first-order chi connectivity index (χ1) is 44.7. The largest absolute Gasteiger partial charge is 0.530 e. The van der Waals surface area contributed by atoms with Crippen molar-refractivity contribution >= 4 is 51.4 Å². The molecular formula is C58H82F3Fm2N6O25P2+. The normalized spacial score (nSPS) is 17.5. The number of methoxy groups -OCH3 is 5. The van der Waals surface area contributed by atoms with Gasteiger partial charge in [0.2, 0.25) is 17.7 Å². The average Bonchev–Trinajstić information content (AvgIpc) is 0.997. The molecule has 31 nitrogen and oxygen atoms in total. The van der Waals surface area contributed by atoms with E-state index in [9.17, 15) is 51.1 Å². The summed E-state index contributed by atoms with van der Waals surface area (Å²) >= 11 is 0. The van der Waals surface area contributed by atoms with Crippen LogP contribution in [0.1, 0.15) is 69.7 Å². The number of esters is 1. The number of nitrogens with one attached hydrogen (secondary N) is 4. The molecule has 2 fully saturated rings. The molecule has 2 aliphatic rings. The number of hydrogen-bond acceptors (Lipinski definition) is 24. The van der Waals surface area contributed by atoms with E-state index in [2.05, 4.69) is 32.0 Å². The van der Waals surface area contributed by atoms with Gasteiger partial charge >= 0.3 is 40.0 Å². The Kier molecular flexibility index (Phi) is 32.6. The van der Waals surface area contributed by atoms with Crippen LogP contribution in [-0.4, -0.2) is 221 Å². The number of nitrogens with zero attached hydrogens (tertiary/aromatic N) is 2. The third kappa shape index (κ3) is 25.7. The Bertz CT molecular complexity index is 3090. The predicted molar refractivity (Wildman–Crippen MR) is 324 cm³/mol. The number of alkyl carbamates (subject to hydrolysis) is 2. The summed E-state index contributed by atoms with van der Waals surface area (Å²) in [5.74, 6) is -2.31. The molecule has 3 aromatic carbocycles. The number of benzene rings is 3. The van der Waals surface area contributed by atoms with Gasteiger partial charge in [-0.2, -0.15) is 13.2 Å². The minimum absolute atomic E-state index is 0. The zero-order valence-corrected chi connectivity index (χ0v) is 60.3. The molecule has 3 aromatic rings. The maximum atomic E-state index is 14.9. The maximum Gasteiger partial charge on any atom is 0.530 e. The molecule has 96 heavy (non-hydrogen) atoms. The van der Waals surface area contributed by atoms with Gasteiger partial charge in [-0.05, 0) is 48.4 Å². The summed E-state index contributed by atoms with van der Waals surface area (Å²) in [5, 5.41) is 9.98. The second-order valence-electron chi connectivity index (χ2n) is 21.1. The monoisotopic (exact) mass is 1900 g/mol. The topological polar surface area (TPSA) is 367 Å². The van der Waals surface area contributed by atoms with Crippen molar-refractivity contribution in [3.8, 4) is 40.2 Å². The van der Waals surface area contributed by atoms with E-state index in [4.69, 9.17) is 75.5 Å². The molecule has 0 bridgehead atoms. The Balaban J connectivity index is 0.0000120. The third-order valence-electron chi connectivity index (χ3n) is 14.0. The maximum absolute atomic E-state index is 14.9. The number of rotatable bonds is 38. The number of phosphoric acid groups is 2. The van der Waals surface area contributed by atoms with E-state index in [-0.39, 0.29) is 104 Å². The number of phosphoric ester groups is 2. The van der Waals surface area contributed by atoms with Crippen molar-refractivity contribution in [3.05, 3.63) is 77.4 Å². The quantitative estimate of drug-likeness (QED) is 0.00764. The van der Waals surface area contributed by atoms with E-state index < -0.39 is 120 Å². The van der Waals surface area contributed by atoms with Crippen LogP contribution >= 0.6 is 15.6 Å². The molecule has 38 heteroatoms. The molecule has 0 saturated carbocycles. The summed E-state index contributed by atoms with van der Waals surface area (Å²) in [4.78, 5) is 97.9. The second kappa shape index (κ2) is 38.8. The van der Waals surface area contributed by atoms with Gasteiger partial charge in [-0.3, -0.25) is 47.4 Å². The van der Waals surface area contributed by atoms with Gasteiger partial charge in [-0.15, -0.1) is 0 Å². The molecule has 0 aromatic heterocycles. The van der Waals surface area contributed by atoms with E-state index in [1.54, 1.807) is 19.2 Å². The van der Waals surface area contributed by atoms with Crippen molar-refractivity contribution in [1.29, 1.82) is 0 Å². The Morgan fingerprint density at radius 2 is 1.36 bits per heavy atom. The van der Waals surface area contributed by atoms with Crippen molar-refractivity contribution in [2.24, 2.45) is 5.92 Å². The number of amides is 4. The molecule has 6 N–H and O–H groups in total. The van der Waals surface area contributed by atoms with Gasteiger partial charge in [0.1, 0.15) is 37.2 Å². The second-order valence-corrected chi connectivity index (χ2v) is 23.9. The van der Waals surface area contributed by atoms with E-state index in [1.807, 2.05) is 0 Å². The van der Waals surface area contributed by atoms with Gasteiger partial charge in [0.15, 0.2) is 42.1 Å². The van der Waals surface area contributed by atoms with Crippen molar-refractivity contribution < 1.29 is 136 Å². The van der Waals surface area contributed by atoms with Crippen LogP contribution in [0.5, 0.6) is 40.2 Å². The summed E-state index contributed by atoms with van der Waals surface area (Å²) in [7, 11) is -2.60. The van der Waals surface area contributed by atoms with E-state index in [0.29, 0.717) is 56.3 Å². The van der Waals surface area contributed by atoms with Gasteiger partial charge in [0.05, 0.1) is 81.6 Å². The first-order valence-electron chi connectivity index (χ1n) is 29.4. The van der Waals surface area contributed by atoms with Crippen molar-refractivity contribution in [3.63, 3.8) is 0 Å². The molecule has 0 radical (unpaired) electrons. The van der Waals surface area contributed by atoms with E-state index in [0.717, 1.165) is 12.1 Å². The number of halogens is 3. The van der Waals surface area contributed by atoms with Crippen LogP contribution in [0.15, 0.2) is 55.1 Å². The number of quaternary nitrogens is 1. The average molecular weight is 1900 g/mol. The van der Waals surface area contributed by atoms with Gasteiger partial charge in [-0.1, -0.05) is 32.6 Å². The number of ketones is 1. The Morgan fingerprint density at radius 3 is 1.93 bits per heavy atom. The van der Waals surface area contributed by atoms with Crippen LogP contribution in [0, 0.1) is 5.92 Å². The van der Waals surface area contributed by atoms with Crippen molar-refractivity contribution in [1.82, 2.24) is 26.2 Å². The summed E-state index contributed by atoms with van der Waals surface area (Å²) in [6.45, 7) is 6.10. The summed E-state index contributed by atoms with van der Waals surface area (Å²) in [6, 6.07) is 9.14. The number of ether oxygens (including phenoxy) is 11. The molecule has 5 rings (SSSR count).